The van der Waals surface area contributed by atoms with Crippen molar-refractivity contribution >= 4 is 49.1 Å². The molecule has 0 saturated carbocycles. The van der Waals surface area contributed by atoms with E-state index in [2.05, 4.69) is 37.2 Å². The maximum atomic E-state index is 13.1. The lowest BCUT2D eigenvalue weighted by Gasteiger charge is -2.20. The quantitative estimate of drug-likeness (QED) is 0.718. The van der Waals surface area contributed by atoms with Crippen molar-refractivity contribution in [2.24, 2.45) is 5.73 Å². The average Bonchev–Trinajstić information content (AvgIpc) is 2.41. The zero-order valence-electron chi connectivity index (χ0n) is 10.3. The van der Waals surface area contributed by atoms with Crippen LogP contribution in [0.15, 0.2) is 45.3 Å². The van der Waals surface area contributed by atoms with Crippen LogP contribution in [0.3, 0.4) is 0 Å². The molecule has 6 heteroatoms. The minimum Gasteiger partial charge on any atom is -0.377 e. The first-order valence-corrected chi connectivity index (χ1v) is 7.84. The lowest BCUT2D eigenvalue weighted by Crippen LogP contribution is -2.21. The van der Waals surface area contributed by atoms with Crippen LogP contribution in [0, 0.1) is 5.82 Å². The molecule has 0 bridgehead atoms. The van der Waals surface area contributed by atoms with E-state index in [-0.39, 0.29) is 11.9 Å². The van der Waals surface area contributed by atoms with Gasteiger partial charge in [-0.3, -0.25) is 0 Å². The van der Waals surface area contributed by atoms with Gasteiger partial charge < -0.3 is 11.1 Å². The largest absolute Gasteiger partial charge is 0.377 e. The van der Waals surface area contributed by atoms with Gasteiger partial charge in [0.2, 0.25) is 0 Å². The second-order valence-electron chi connectivity index (χ2n) is 4.23. The molecule has 2 rings (SSSR count). The van der Waals surface area contributed by atoms with E-state index in [1.165, 1.54) is 12.1 Å². The molecule has 0 amide bonds. The van der Waals surface area contributed by atoms with Crippen molar-refractivity contribution in [1.29, 1.82) is 0 Å². The van der Waals surface area contributed by atoms with Crippen LogP contribution in [0.5, 0.6) is 0 Å². The highest BCUT2D eigenvalue weighted by Crippen LogP contribution is 2.30. The van der Waals surface area contributed by atoms with Crippen molar-refractivity contribution in [3.63, 3.8) is 0 Å². The van der Waals surface area contributed by atoms with Gasteiger partial charge in [-0.05, 0) is 51.8 Å². The van der Waals surface area contributed by atoms with Gasteiger partial charge in [0.15, 0.2) is 0 Å². The van der Waals surface area contributed by atoms with Crippen molar-refractivity contribution in [1.82, 2.24) is 0 Å². The molecule has 1 atom stereocenters. The van der Waals surface area contributed by atoms with Crippen molar-refractivity contribution < 1.29 is 4.39 Å². The van der Waals surface area contributed by atoms with Crippen LogP contribution in [0.4, 0.5) is 10.1 Å². The van der Waals surface area contributed by atoms with Gasteiger partial charge in [0, 0.05) is 21.2 Å². The molecular formula is C14H12Br2ClFN2. The van der Waals surface area contributed by atoms with E-state index in [1.54, 1.807) is 12.1 Å². The normalized spacial score (nSPS) is 12.2. The molecule has 0 heterocycles. The number of nitrogens with two attached hydrogens (primary N) is 1. The summed E-state index contributed by atoms with van der Waals surface area (Å²) < 4.78 is 14.6. The topological polar surface area (TPSA) is 38.0 Å². The molecule has 20 heavy (non-hydrogen) atoms. The van der Waals surface area contributed by atoms with Gasteiger partial charge in [-0.25, -0.2) is 4.39 Å². The summed E-state index contributed by atoms with van der Waals surface area (Å²) >= 11 is 12.7. The van der Waals surface area contributed by atoms with Crippen molar-refractivity contribution in [2.75, 3.05) is 11.9 Å². The Morgan fingerprint density at radius 1 is 1.15 bits per heavy atom. The van der Waals surface area contributed by atoms with Crippen LogP contribution in [-0.2, 0) is 0 Å². The van der Waals surface area contributed by atoms with Gasteiger partial charge in [-0.1, -0.05) is 33.6 Å². The predicted octanol–water partition coefficient (Wildman–Crippen LogP) is 5.12. The van der Waals surface area contributed by atoms with E-state index < -0.39 is 0 Å². The maximum absolute atomic E-state index is 13.1. The first-order chi connectivity index (χ1) is 9.51. The van der Waals surface area contributed by atoms with Crippen LogP contribution >= 0.6 is 43.5 Å². The van der Waals surface area contributed by atoms with E-state index in [0.717, 1.165) is 15.7 Å². The number of rotatable bonds is 4. The molecule has 0 radical (unpaired) electrons. The molecule has 2 aromatic carbocycles. The Hall–Kier alpha value is -0.620. The van der Waals surface area contributed by atoms with Crippen LogP contribution in [0.25, 0.3) is 0 Å². The molecule has 2 nitrogen and oxygen atoms in total. The minimum atomic E-state index is -0.286. The van der Waals surface area contributed by atoms with E-state index in [4.69, 9.17) is 17.3 Å². The van der Waals surface area contributed by atoms with Crippen LogP contribution < -0.4 is 11.1 Å². The van der Waals surface area contributed by atoms with Crippen LogP contribution in [0.2, 0.25) is 5.02 Å². The zero-order valence-corrected chi connectivity index (χ0v) is 14.3. The van der Waals surface area contributed by atoms with Crippen molar-refractivity contribution in [3.8, 4) is 0 Å². The van der Waals surface area contributed by atoms with Gasteiger partial charge in [-0.15, -0.1) is 0 Å². The monoisotopic (exact) mass is 420 g/mol. The lowest BCUT2D eigenvalue weighted by molar-refractivity contribution is 0.624. The van der Waals surface area contributed by atoms with Gasteiger partial charge in [0.25, 0.3) is 0 Å². The van der Waals surface area contributed by atoms with Crippen LogP contribution in [0.1, 0.15) is 11.6 Å². The third-order valence-corrected chi connectivity index (χ3v) is 4.73. The Morgan fingerprint density at radius 3 is 2.50 bits per heavy atom. The molecule has 0 aliphatic heterocycles. The number of hydrogen-bond donors (Lipinski definition) is 2. The van der Waals surface area contributed by atoms with Gasteiger partial charge in [0.05, 0.1) is 11.1 Å². The van der Waals surface area contributed by atoms with Gasteiger partial charge in [-0.2, -0.15) is 0 Å². The third kappa shape index (κ3) is 3.73. The van der Waals surface area contributed by atoms with Crippen LogP contribution in [-0.4, -0.2) is 6.54 Å². The Bertz CT molecular complexity index is 622. The van der Waals surface area contributed by atoms with E-state index >= 15 is 0 Å². The van der Waals surface area contributed by atoms with E-state index in [1.807, 2.05) is 12.1 Å². The summed E-state index contributed by atoms with van der Waals surface area (Å²) in [5, 5.41) is 3.95. The molecule has 1 unspecified atom stereocenters. The second-order valence-corrected chi connectivity index (χ2v) is 6.34. The molecule has 106 valence electrons. The first-order valence-electron chi connectivity index (χ1n) is 5.88. The summed E-state index contributed by atoms with van der Waals surface area (Å²) in [5.74, 6) is -0.286. The summed E-state index contributed by atoms with van der Waals surface area (Å²) in [4.78, 5) is 0. The Balaban J connectivity index is 2.26. The number of hydrogen-bond acceptors (Lipinski definition) is 2. The third-order valence-electron chi connectivity index (χ3n) is 2.83. The summed E-state index contributed by atoms with van der Waals surface area (Å²) in [6, 6.07) is 9.98. The van der Waals surface area contributed by atoms with Gasteiger partial charge in [0.1, 0.15) is 5.82 Å². The lowest BCUT2D eigenvalue weighted by atomic mass is 10.1. The zero-order chi connectivity index (χ0) is 14.7. The summed E-state index contributed by atoms with van der Waals surface area (Å²) in [6.45, 7) is 0.379. The first kappa shape index (κ1) is 15.8. The molecular weight excluding hydrogens is 410 g/mol. The standard InChI is InChI=1S/C14H12Br2ClFN2/c15-11-5-8(18)1-3-10(11)14(7-19)20-9-2-4-13(17)12(16)6-9/h1-6,14,20H,7,19H2. The molecule has 0 spiro atoms. The SMILES string of the molecule is NCC(Nc1ccc(Cl)c(Br)c1)c1ccc(F)cc1Br. The van der Waals surface area contributed by atoms with Crippen molar-refractivity contribution in [2.45, 2.75) is 6.04 Å². The fourth-order valence-electron chi connectivity index (χ4n) is 1.83. The number of benzene rings is 2. The number of nitrogens with one attached hydrogen (secondary N) is 1. The summed E-state index contributed by atoms with van der Waals surface area (Å²) in [5.41, 5.74) is 7.60. The molecule has 0 aromatic heterocycles. The fourth-order valence-corrected chi connectivity index (χ4v) is 2.96. The molecule has 0 aliphatic rings. The highest BCUT2D eigenvalue weighted by molar-refractivity contribution is 9.10. The summed E-state index contributed by atoms with van der Waals surface area (Å²) in [7, 11) is 0. The predicted molar refractivity (Wildman–Crippen MR) is 88.7 cm³/mol. The molecule has 2 aromatic rings. The van der Waals surface area contributed by atoms with E-state index in [9.17, 15) is 4.39 Å². The number of anilines is 1. The number of halogens is 4. The van der Waals surface area contributed by atoms with Gasteiger partial charge >= 0.3 is 0 Å². The average molecular weight is 423 g/mol. The maximum Gasteiger partial charge on any atom is 0.124 e. The highest BCUT2D eigenvalue weighted by Gasteiger charge is 2.14. The molecule has 3 N–H and O–H groups in total. The molecule has 0 fully saturated rings. The summed E-state index contributed by atoms with van der Waals surface area (Å²) in [6.07, 6.45) is 0. The minimum absolute atomic E-state index is 0.127. The second kappa shape index (κ2) is 6.89. The fraction of sp³-hybridized carbons (Fsp3) is 0.143. The Labute approximate surface area is 138 Å². The van der Waals surface area contributed by atoms with Crippen molar-refractivity contribution in [3.05, 3.63) is 61.7 Å². The Kier molecular flexibility index (Phi) is 5.43. The Morgan fingerprint density at radius 2 is 1.90 bits per heavy atom. The smallest absolute Gasteiger partial charge is 0.124 e. The molecule has 0 saturated heterocycles. The highest BCUT2D eigenvalue weighted by atomic mass is 79.9. The molecule has 0 aliphatic carbocycles. The van der Waals surface area contributed by atoms with E-state index in [0.29, 0.717) is 16.0 Å².